The number of methoxy groups -OCH3 is 1. The molecule has 0 aliphatic carbocycles. The Kier molecular flexibility index (Phi) is 5.85. The number of aliphatic carboxylic acids is 1. The maximum absolute atomic E-state index is 11.8. The summed E-state index contributed by atoms with van der Waals surface area (Å²) in [5, 5.41) is 11.5. The Morgan fingerprint density at radius 2 is 2.05 bits per heavy atom. The Labute approximate surface area is 112 Å². The first-order chi connectivity index (χ1) is 9.08. The van der Waals surface area contributed by atoms with Gasteiger partial charge in [-0.2, -0.15) is 0 Å². The fourth-order valence-electron chi connectivity index (χ4n) is 1.81. The minimum absolute atomic E-state index is 0.109. The summed E-state index contributed by atoms with van der Waals surface area (Å²) in [6, 6.07) is 6.35. The van der Waals surface area contributed by atoms with Crippen LogP contribution in [0.15, 0.2) is 24.3 Å². The maximum atomic E-state index is 11.8. The number of rotatable bonds is 7. The Morgan fingerprint density at radius 1 is 1.37 bits per heavy atom. The number of ether oxygens (including phenoxy) is 1. The molecule has 2 N–H and O–H groups in total. The van der Waals surface area contributed by atoms with Crippen molar-refractivity contribution in [3.05, 3.63) is 29.8 Å². The van der Waals surface area contributed by atoms with Gasteiger partial charge in [-0.3, -0.25) is 4.79 Å². The molecular weight excluding hydrogens is 246 g/mol. The Hall–Kier alpha value is -2.04. The van der Waals surface area contributed by atoms with E-state index in [2.05, 4.69) is 5.32 Å². The van der Waals surface area contributed by atoms with Crippen LogP contribution in [0, 0.1) is 0 Å². The van der Waals surface area contributed by atoms with Crippen LogP contribution in [0.4, 0.5) is 0 Å². The van der Waals surface area contributed by atoms with Crippen LogP contribution in [0.3, 0.4) is 0 Å². The molecular formula is C14H19NO4. The molecule has 19 heavy (non-hydrogen) atoms. The third-order valence-corrected chi connectivity index (χ3v) is 2.75. The average molecular weight is 265 g/mol. The molecule has 0 bridgehead atoms. The molecule has 1 aromatic carbocycles. The van der Waals surface area contributed by atoms with Crippen molar-refractivity contribution in [3.63, 3.8) is 0 Å². The Morgan fingerprint density at radius 3 is 2.63 bits per heavy atom. The lowest BCUT2D eigenvalue weighted by Crippen LogP contribution is -2.41. The summed E-state index contributed by atoms with van der Waals surface area (Å²) in [5.41, 5.74) is 0.739. The number of carbonyl (C=O) groups excluding carboxylic acids is 1. The number of carbonyl (C=O) groups is 2. The molecule has 0 spiro atoms. The molecule has 1 rings (SSSR count). The number of nitrogens with one attached hydrogen (secondary N) is 1. The fourth-order valence-corrected chi connectivity index (χ4v) is 1.81. The number of hydrogen-bond acceptors (Lipinski definition) is 3. The van der Waals surface area contributed by atoms with Crippen molar-refractivity contribution in [1.82, 2.24) is 5.32 Å². The van der Waals surface area contributed by atoms with E-state index in [1.165, 1.54) is 7.11 Å². The lowest BCUT2D eigenvalue weighted by molar-refractivity contribution is -0.141. The second kappa shape index (κ2) is 7.41. The summed E-state index contributed by atoms with van der Waals surface area (Å²) in [6.07, 6.45) is 1.23. The molecule has 1 atom stereocenters. The molecule has 0 heterocycles. The second-order valence-corrected chi connectivity index (χ2v) is 4.24. The molecule has 0 radical (unpaired) electrons. The SMILES string of the molecule is CCC[C@@H](NC(=O)Cc1ccccc1OC)C(=O)O. The molecule has 1 aromatic rings. The van der Waals surface area contributed by atoms with Gasteiger partial charge in [0.2, 0.25) is 5.91 Å². The zero-order chi connectivity index (χ0) is 14.3. The molecule has 0 saturated carbocycles. The van der Waals surface area contributed by atoms with Crippen molar-refractivity contribution in [2.45, 2.75) is 32.2 Å². The number of benzene rings is 1. The predicted octanol–water partition coefficient (Wildman–Crippen LogP) is 1.61. The minimum Gasteiger partial charge on any atom is -0.496 e. The third kappa shape index (κ3) is 4.62. The molecule has 0 saturated heterocycles. The summed E-state index contributed by atoms with van der Waals surface area (Å²) in [4.78, 5) is 22.8. The van der Waals surface area contributed by atoms with Crippen LogP contribution in [0.2, 0.25) is 0 Å². The Bertz CT molecular complexity index is 445. The summed E-state index contributed by atoms with van der Waals surface area (Å²) in [6.45, 7) is 1.88. The maximum Gasteiger partial charge on any atom is 0.326 e. The van der Waals surface area contributed by atoms with Gasteiger partial charge in [-0.25, -0.2) is 4.79 Å². The van der Waals surface area contributed by atoms with E-state index >= 15 is 0 Å². The first kappa shape index (κ1) is 15.0. The van der Waals surface area contributed by atoms with Crippen LogP contribution in [0.25, 0.3) is 0 Å². The summed E-state index contributed by atoms with van der Waals surface area (Å²) < 4.78 is 5.15. The summed E-state index contributed by atoms with van der Waals surface area (Å²) in [5.74, 6) is -0.694. The van der Waals surface area contributed by atoms with Crippen molar-refractivity contribution >= 4 is 11.9 Å². The van der Waals surface area contributed by atoms with Crippen molar-refractivity contribution in [3.8, 4) is 5.75 Å². The highest BCUT2D eigenvalue weighted by Crippen LogP contribution is 2.17. The van der Waals surface area contributed by atoms with E-state index in [-0.39, 0.29) is 12.3 Å². The molecule has 5 nitrogen and oxygen atoms in total. The average Bonchev–Trinajstić information content (AvgIpc) is 2.38. The van der Waals surface area contributed by atoms with Crippen molar-refractivity contribution in [1.29, 1.82) is 0 Å². The topological polar surface area (TPSA) is 75.6 Å². The van der Waals surface area contributed by atoms with Crippen molar-refractivity contribution in [2.24, 2.45) is 0 Å². The first-order valence-corrected chi connectivity index (χ1v) is 6.22. The van der Waals surface area contributed by atoms with Crippen LogP contribution in [0.5, 0.6) is 5.75 Å². The van der Waals surface area contributed by atoms with Crippen LogP contribution in [-0.2, 0) is 16.0 Å². The summed E-state index contributed by atoms with van der Waals surface area (Å²) >= 11 is 0. The van der Waals surface area contributed by atoms with Crippen LogP contribution < -0.4 is 10.1 Å². The molecule has 5 heteroatoms. The van der Waals surface area contributed by atoms with Gasteiger partial charge in [-0.05, 0) is 12.5 Å². The standard InChI is InChI=1S/C14H19NO4/c1-3-6-11(14(17)18)15-13(16)9-10-7-4-5-8-12(10)19-2/h4-5,7-8,11H,3,6,9H2,1-2H3,(H,15,16)(H,17,18)/t11-/m1/s1. The van der Waals surface area contributed by atoms with Crippen LogP contribution in [-0.4, -0.2) is 30.1 Å². The molecule has 1 amide bonds. The summed E-state index contributed by atoms with van der Waals surface area (Å²) in [7, 11) is 1.54. The van der Waals surface area contributed by atoms with E-state index < -0.39 is 12.0 Å². The molecule has 0 aromatic heterocycles. The minimum atomic E-state index is -1.00. The monoisotopic (exact) mass is 265 g/mol. The van der Waals surface area contributed by atoms with Gasteiger partial charge in [0.1, 0.15) is 11.8 Å². The lowest BCUT2D eigenvalue weighted by atomic mass is 10.1. The lowest BCUT2D eigenvalue weighted by Gasteiger charge is -2.14. The van der Waals surface area contributed by atoms with Gasteiger partial charge in [0.25, 0.3) is 0 Å². The molecule has 0 aliphatic rings. The quantitative estimate of drug-likeness (QED) is 0.785. The highest BCUT2D eigenvalue weighted by molar-refractivity contribution is 5.85. The molecule has 0 unspecified atom stereocenters. The van der Waals surface area contributed by atoms with Gasteiger partial charge in [0.05, 0.1) is 13.5 Å². The van der Waals surface area contributed by atoms with Crippen LogP contribution in [0.1, 0.15) is 25.3 Å². The van der Waals surface area contributed by atoms with Crippen molar-refractivity contribution in [2.75, 3.05) is 7.11 Å². The number of amides is 1. The van der Waals surface area contributed by atoms with E-state index in [9.17, 15) is 9.59 Å². The molecule has 0 aliphatic heterocycles. The van der Waals surface area contributed by atoms with Gasteiger partial charge in [-0.1, -0.05) is 31.5 Å². The van der Waals surface area contributed by atoms with E-state index in [0.717, 1.165) is 5.56 Å². The number of hydrogen-bond donors (Lipinski definition) is 2. The smallest absolute Gasteiger partial charge is 0.326 e. The largest absolute Gasteiger partial charge is 0.496 e. The van der Waals surface area contributed by atoms with Crippen LogP contribution >= 0.6 is 0 Å². The highest BCUT2D eigenvalue weighted by atomic mass is 16.5. The van der Waals surface area contributed by atoms with E-state index in [1.54, 1.807) is 12.1 Å². The third-order valence-electron chi connectivity index (χ3n) is 2.75. The molecule has 0 fully saturated rings. The Balaban J connectivity index is 2.66. The van der Waals surface area contributed by atoms with Gasteiger partial charge in [0, 0.05) is 5.56 Å². The van der Waals surface area contributed by atoms with E-state index in [4.69, 9.17) is 9.84 Å². The molecule has 104 valence electrons. The zero-order valence-electron chi connectivity index (χ0n) is 11.2. The number of carboxylic acid groups (broad SMARTS) is 1. The second-order valence-electron chi connectivity index (χ2n) is 4.24. The van der Waals surface area contributed by atoms with E-state index in [1.807, 2.05) is 19.1 Å². The number of para-hydroxylation sites is 1. The van der Waals surface area contributed by atoms with E-state index in [0.29, 0.717) is 18.6 Å². The van der Waals surface area contributed by atoms with Gasteiger partial charge >= 0.3 is 5.97 Å². The zero-order valence-corrected chi connectivity index (χ0v) is 11.2. The predicted molar refractivity (Wildman–Crippen MR) is 71.2 cm³/mol. The van der Waals surface area contributed by atoms with Gasteiger partial charge < -0.3 is 15.2 Å². The fraction of sp³-hybridized carbons (Fsp3) is 0.429. The van der Waals surface area contributed by atoms with Crippen molar-refractivity contribution < 1.29 is 19.4 Å². The van der Waals surface area contributed by atoms with Gasteiger partial charge in [0.15, 0.2) is 0 Å². The number of carboxylic acids is 1. The normalized spacial score (nSPS) is 11.7. The first-order valence-electron chi connectivity index (χ1n) is 6.22. The van der Waals surface area contributed by atoms with Gasteiger partial charge in [-0.15, -0.1) is 0 Å². The highest BCUT2D eigenvalue weighted by Gasteiger charge is 2.19.